The third-order valence-electron chi connectivity index (χ3n) is 3.36. The molecule has 1 aromatic heterocycles. The van der Waals surface area contributed by atoms with Gasteiger partial charge >= 0.3 is 0 Å². The molecule has 0 fully saturated rings. The Balaban J connectivity index is 2.08. The van der Waals surface area contributed by atoms with Crippen molar-refractivity contribution >= 4 is 11.0 Å². The molecule has 1 atom stereocenters. The van der Waals surface area contributed by atoms with Gasteiger partial charge in [0.2, 0.25) is 0 Å². The smallest absolute Gasteiger partial charge is 0.137 e. The highest BCUT2D eigenvalue weighted by molar-refractivity contribution is 5.81. The fourth-order valence-electron chi connectivity index (χ4n) is 2.29. The summed E-state index contributed by atoms with van der Waals surface area (Å²) in [7, 11) is 0. The molecule has 4 heteroatoms. The third-order valence-corrected chi connectivity index (χ3v) is 3.36. The summed E-state index contributed by atoms with van der Waals surface area (Å²) in [6, 6.07) is 10.1. The summed E-state index contributed by atoms with van der Waals surface area (Å²) in [5.41, 5.74) is 7.96. The average Bonchev–Trinajstić information content (AvgIpc) is 2.83. The number of aryl methyl sites for hydroxylation is 1. The van der Waals surface area contributed by atoms with Crippen LogP contribution in [0.5, 0.6) is 0 Å². The Morgan fingerprint density at radius 2 is 1.90 bits per heavy atom. The maximum absolute atomic E-state index is 13.8. The van der Waals surface area contributed by atoms with Crippen LogP contribution in [0.4, 0.5) is 8.78 Å². The van der Waals surface area contributed by atoms with E-state index in [0.29, 0.717) is 5.76 Å². The zero-order chi connectivity index (χ0) is 14.3. The summed E-state index contributed by atoms with van der Waals surface area (Å²) in [6.07, 6.45) is 0. The molecular formula is C16H13F2NO. The summed E-state index contributed by atoms with van der Waals surface area (Å²) in [4.78, 5) is 0. The van der Waals surface area contributed by atoms with Crippen LogP contribution in [0.25, 0.3) is 11.0 Å². The number of hydrogen-bond acceptors (Lipinski definition) is 2. The minimum absolute atomic E-state index is 0.211. The largest absolute Gasteiger partial charge is 0.459 e. The molecule has 2 N–H and O–H groups in total. The van der Waals surface area contributed by atoms with Gasteiger partial charge in [-0.15, -0.1) is 0 Å². The van der Waals surface area contributed by atoms with Crippen LogP contribution in [0.15, 0.2) is 46.9 Å². The van der Waals surface area contributed by atoms with Crippen LogP contribution < -0.4 is 5.73 Å². The highest BCUT2D eigenvalue weighted by atomic mass is 19.1. The molecule has 102 valence electrons. The molecule has 1 unspecified atom stereocenters. The first-order valence-electron chi connectivity index (χ1n) is 6.26. The molecule has 3 aromatic rings. The molecule has 3 rings (SSSR count). The average molecular weight is 273 g/mol. The molecule has 2 aromatic carbocycles. The lowest BCUT2D eigenvalue weighted by atomic mass is 10.0. The molecule has 0 aliphatic rings. The zero-order valence-corrected chi connectivity index (χ0v) is 10.9. The van der Waals surface area contributed by atoms with Crippen molar-refractivity contribution in [1.29, 1.82) is 0 Å². The monoisotopic (exact) mass is 273 g/mol. The molecule has 0 saturated carbocycles. The van der Waals surface area contributed by atoms with Crippen LogP contribution in [-0.2, 0) is 0 Å². The van der Waals surface area contributed by atoms with Crippen molar-refractivity contribution in [3.8, 4) is 0 Å². The lowest BCUT2D eigenvalue weighted by molar-refractivity contribution is 0.505. The third kappa shape index (κ3) is 2.08. The number of furan rings is 1. The van der Waals surface area contributed by atoms with Gasteiger partial charge in [0.25, 0.3) is 0 Å². The second-order valence-electron chi connectivity index (χ2n) is 4.79. The van der Waals surface area contributed by atoms with Crippen LogP contribution in [0.3, 0.4) is 0 Å². The standard InChI is InChI=1S/C16H13F2NO/c1-9-3-2-4-10-7-14(20-16(9)10)15(19)12-6-5-11(17)8-13(12)18/h2-8,15H,19H2,1H3. The maximum atomic E-state index is 13.8. The van der Waals surface area contributed by atoms with E-state index in [-0.39, 0.29) is 5.56 Å². The Morgan fingerprint density at radius 1 is 1.10 bits per heavy atom. The first-order valence-corrected chi connectivity index (χ1v) is 6.26. The Morgan fingerprint density at radius 3 is 2.60 bits per heavy atom. The number of hydrogen-bond donors (Lipinski definition) is 1. The fourth-order valence-corrected chi connectivity index (χ4v) is 2.29. The Labute approximate surface area is 114 Å². The van der Waals surface area contributed by atoms with Crippen LogP contribution in [0.1, 0.15) is 22.9 Å². The van der Waals surface area contributed by atoms with E-state index in [2.05, 4.69) is 0 Å². The number of nitrogens with two attached hydrogens (primary N) is 1. The van der Waals surface area contributed by atoms with Crippen LogP contribution in [0.2, 0.25) is 0 Å². The Bertz CT molecular complexity index is 779. The van der Waals surface area contributed by atoms with Crippen LogP contribution in [-0.4, -0.2) is 0 Å². The summed E-state index contributed by atoms with van der Waals surface area (Å²) >= 11 is 0. The van der Waals surface area contributed by atoms with Gasteiger partial charge in [0, 0.05) is 17.0 Å². The van der Waals surface area contributed by atoms with Gasteiger partial charge in [-0.1, -0.05) is 24.3 Å². The molecule has 0 radical (unpaired) electrons. The highest BCUT2D eigenvalue weighted by Gasteiger charge is 2.18. The van der Waals surface area contributed by atoms with E-state index >= 15 is 0 Å². The van der Waals surface area contributed by atoms with Gasteiger partial charge in [-0.05, 0) is 24.6 Å². The predicted molar refractivity (Wildman–Crippen MR) is 73.3 cm³/mol. The molecule has 0 aliphatic carbocycles. The van der Waals surface area contributed by atoms with E-state index in [1.165, 1.54) is 12.1 Å². The summed E-state index contributed by atoms with van der Waals surface area (Å²) in [6.45, 7) is 1.93. The highest BCUT2D eigenvalue weighted by Crippen LogP contribution is 2.29. The van der Waals surface area contributed by atoms with E-state index in [4.69, 9.17) is 10.2 Å². The summed E-state index contributed by atoms with van der Waals surface area (Å²) in [5.74, 6) is -0.839. The lowest BCUT2D eigenvalue weighted by Crippen LogP contribution is -2.12. The molecule has 0 amide bonds. The molecular weight excluding hydrogens is 260 g/mol. The van der Waals surface area contributed by atoms with Crippen LogP contribution >= 0.6 is 0 Å². The van der Waals surface area contributed by atoms with Gasteiger partial charge in [0.15, 0.2) is 0 Å². The topological polar surface area (TPSA) is 39.2 Å². The molecule has 2 nitrogen and oxygen atoms in total. The van der Waals surface area contributed by atoms with Gasteiger partial charge in [0.1, 0.15) is 23.0 Å². The Kier molecular flexibility index (Phi) is 3.03. The molecule has 20 heavy (non-hydrogen) atoms. The van der Waals surface area contributed by atoms with E-state index in [0.717, 1.165) is 22.6 Å². The van der Waals surface area contributed by atoms with E-state index in [1.54, 1.807) is 6.07 Å². The van der Waals surface area contributed by atoms with Crippen molar-refractivity contribution in [3.63, 3.8) is 0 Å². The second-order valence-corrected chi connectivity index (χ2v) is 4.79. The Hall–Kier alpha value is -2.20. The maximum Gasteiger partial charge on any atom is 0.137 e. The number of para-hydroxylation sites is 1. The number of rotatable bonds is 2. The quantitative estimate of drug-likeness (QED) is 0.764. The summed E-state index contributed by atoms with van der Waals surface area (Å²) in [5, 5.41) is 0.915. The van der Waals surface area contributed by atoms with Gasteiger partial charge in [-0.3, -0.25) is 0 Å². The van der Waals surface area contributed by atoms with Crippen molar-refractivity contribution in [2.24, 2.45) is 5.73 Å². The first kappa shape index (κ1) is 12.8. The minimum atomic E-state index is -0.762. The number of fused-ring (bicyclic) bond motifs is 1. The van der Waals surface area contributed by atoms with Crippen molar-refractivity contribution < 1.29 is 13.2 Å². The minimum Gasteiger partial charge on any atom is -0.459 e. The lowest BCUT2D eigenvalue weighted by Gasteiger charge is -2.10. The van der Waals surface area contributed by atoms with Gasteiger partial charge in [-0.2, -0.15) is 0 Å². The van der Waals surface area contributed by atoms with Crippen molar-refractivity contribution in [2.75, 3.05) is 0 Å². The molecule has 0 aliphatic heterocycles. The van der Waals surface area contributed by atoms with Crippen molar-refractivity contribution in [1.82, 2.24) is 0 Å². The SMILES string of the molecule is Cc1cccc2cc(C(N)c3ccc(F)cc3F)oc12. The molecule has 0 saturated heterocycles. The van der Waals surface area contributed by atoms with E-state index in [1.807, 2.05) is 25.1 Å². The van der Waals surface area contributed by atoms with E-state index in [9.17, 15) is 8.78 Å². The van der Waals surface area contributed by atoms with Gasteiger partial charge < -0.3 is 10.2 Å². The normalized spacial score (nSPS) is 12.8. The molecule has 0 spiro atoms. The van der Waals surface area contributed by atoms with Crippen LogP contribution in [0, 0.1) is 18.6 Å². The predicted octanol–water partition coefficient (Wildman–Crippen LogP) is 4.07. The number of halogens is 2. The van der Waals surface area contributed by atoms with E-state index < -0.39 is 17.7 Å². The number of benzene rings is 2. The van der Waals surface area contributed by atoms with Crippen molar-refractivity contribution in [3.05, 3.63) is 71.0 Å². The fraction of sp³-hybridized carbons (Fsp3) is 0.125. The van der Waals surface area contributed by atoms with Gasteiger partial charge in [-0.25, -0.2) is 8.78 Å². The van der Waals surface area contributed by atoms with Gasteiger partial charge in [0.05, 0.1) is 6.04 Å². The molecule has 0 bridgehead atoms. The zero-order valence-electron chi connectivity index (χ0n) is 10.9. The summed E-state index contributed by atoms with van der Waals surface area (Å²) < 4.78 is 32.4. The van der Waals surface area contributed by atoms with Crippen molar-refractivity contribution in [2.45, 2.75) is 13.0 Å². The molecule has 1 heterocycles. The first-order chi connectivity index (χ1) is 9.56. The second kappa shape index (κ2) is 4.72.